The number of hydrogen-bond donors (Lipinski definition) is 1. The van der Waals surface area contributed by atoms with Gasteiger partial charge in [-0.2, -0.15) is 5.10 Å². The molecule has 4 rings (SSSR count). The standard InChI is InChI=1S/C18H13IN6/c19-17-10-13(6-8-20-17)11-22-24-15-4-2-14(3-5-15)16-12-25-9-1-7-21-18(25)23-16/h1-12,24H. The molecule has 0 saturated heterocycles. The van der Waals surface area contributed by atoms with Gasteiger partial charge in [-0.15, -0.1) is 0 Å². The molecule has 1 N–H and O–H groups in total. The van der Waals surface area contributed by atoms with Crippen LogP contribution < -0.4 is 5.43 Å². The van der Waals surface area contributed by atoms with Crippen LogP contribution in [0.25, 0.3) is 17.0 Å². The number of halogens is 1. The molecule has 0 aliphatic heterocycles. The lowest BCUT2D eigenvalue weighted by molar-refractivity contribution is 1.11. The van der Waals surface area contributed by atoms with Crippen LogP contribution in [0.1, 0.15) is 5.56 Å². The van der Waals surface area contributed by atoms with Crippen LogP contribution >= 0.6 is 22.6 Å². The van der Waals surface area contributed by atoms with Crippen molar-refractivity contribution in [2.75, 3.05) is 5.43 Å². The third-order valence-corrected chi connectivity index (χ3v) is 4.16. The maximum absolute atomic E-state index is 4.52. The summed E-state index contributed by atoms with van der Waals surface area (Å²) in [5.41, 5.74) is 6.86. The normalized spacial score (nSPS) is 11.2. The number of hydrazone groups is 1. The van der Waals surface area contributed by atoms with Crippen LogP contribution in [0.2, 0.25) is 0 Å². The third-order valence-electron chi connectivity index (χ3n) is 3.57. The molecule has 0 aliphatic carbocycles. The van der Waals surface area contributed by atoms with Gasteiger partial charge in [0.05, 0.1) is 17.6 Å². The van der Waals surface area contributed by atoms with Crippen molar-refractivity contribution in [1.29, 1.82) is 0 Å². The number of rotatable bonds is 4. The maximum atomic E-state index is 4.52. The van der Waals surface area contributed by atoms with Crippen LogP contribution in [0.5, 0.6) is 0 Å². The molecular weight excluding hydrogens is 427 g/mol. The molecule has 3 aromatic heterocycles. The number of aromatic nitrogens is 4. The van der Waals surface area contributed by atoms with Crippen molar-refractivity contribution in [2.45, 2.75) is 0 Å². The molecule has 0 spiro atoms. The van der Waals surface area contributed by atoms with Crippen molar-refractivity contribution >= 4 is 40.3 Å². The predicted octanol–water partition coefficient (Wildman–Crippen LogP) is 3.84. The summed E-state index contributed by atoms with van der Waals surface area (Å²) >= 11 is 2.18. The first kappa shape index (κ1) is 15.7. The zero-order valence-electron chi connectivity index (χ0n) is 13.0. The van der Waals surface area contributed by atoms with Gasteiger partial charge >= 0.3 is 0 Å². The topological polar surface area (TPSA) is 67.5 Å². The van der Waals surface area contributed by atoms with E-state index in [4.69, 9.17) is 0 Å². The Morgan fingerprint density at radius 3 is 2.76 bits per heavy atom. The van der Waals surface area contributed by atoms with E-state index in [1.165, 1.54) is 0 Å². The van der Waals surface area contributed by atoms with E-state index >= 15 is 0 Å². The zero-order chi connectivity index (χ0) is 17.1. The third kappa shape index (κ3) is 3.66. The number of imidazole rings is 1. The Balaban J connectivity index is 1.48. The van der Waals surface area contributed by atoms with Crippen LogP contribution in [0.3, 0.4) is 0 Å². The number of nitrogens with zero attached hydrogens (tertiary/aromatic N) is 5. The molecule has 3 heterocycles. The lowest BCUT2D eigenvalue weighted by atomic mass is 10.1. The SMILES string of the molecule is Ic1cc(C=NNc2ccc(-c3cn4cccnc4n3)cc2)ccn1. The van der Waals surface area contributed by atoms with Gasteiger partial charge in [0.1, 0.15) is 3.70 Å². The highest BCUT2D eigenvalue weighted by molar-refractivity contribution is 14.1. The highest BCUT2D eigenvalue weighted by Gasteiger charge is 2.04. The minimum Gasteiger partial charge on any atom is -0.291 e. The van der Waals surface area contributed by atoms with E-state index in [1.54, 1.807) is 18.6 Å². The average Bonchev–Trinajstić information content (AvgIpc) is 3.06. The van der Waals surface area contributed by atoms with Crippen LogP contribution in [-0.4, -0.2) is 25.6 Å². The number of fused-ring (bicyclic) bond motifs is 1. The fraction of sp³-hybridized carbons (Fsp3) is 0. The monoisotopic (exact) mass is 440 g/mol. The quantitative estimate of drug-likeness (QED) is 0.227. The van der Waals surface area contributed by atoms with Gasteiger partial charge < -0.3 is 0 Å². The van der Waals surface area contributed by atoms with E-state index in [1.807, 2.05) is 59.3 Å². The summed E-state index contributed by atoms with van der Waals surface area (Å²) in [6.45, 7) is 0. The Morgan fingerprint density at radius 1 is 1.08 bits per heavy atom. The molecule has 0 fully saturated rings. The molecule has 0 unspecified atom stereocenters. The van der Waals surface area contributed by atoms with Gasteiger partial charge in [0.25, 0.3) is 0 Å². The lowest BCUT2D eigenvalue weighted by Crippen LogP contribution is -1.91. The number of pyridine rings is 1. The molecule has 25 heavy (non-hydrogen) atoms. The maximum Gasteiger partial charge on any atom is 0.234 e. The minimum absolute atomic E-state index is 0.691. The van der Waals surface area contributed by atoms with Crippen LogP contribution in [0.4, 0.5) is 5.69 Å². The Labute approximate surface area is 157 Å². The van der Waals surface area contributed by atoms with E-state index in [2.05, 4.69) is 48.1 Å². The first-order valence-electron chi connectivity index (χ1n) is 7.59. The van der Waals surface area contributed by atoms with Gasteiger partial charge in [0, 0.05) is 30.4 Å². The smallest absolute Gasteiger partial charge is 0.234 e. The van der Waals surface area contributed by atoms with Gasteiger partial charge in [0.2, 0.25) is 5.78 Å². The second kappa shape index (κ2) is 6.98. The van der Waals surface area contributed by atoms with Gasteiger partial charge in [-0.3, -0.25) is 14.8 Å². The summed E-state index contributed by atoms with van der Waals surface area (Å²) in [6, 6.07) is 13.7. The molecule has 0 amide bonds. The van der Waals surface area contributed by atoms with Crippen LogP contribution in [0.15, 0.2) is 72.4 Å². The molecule has 4 aromatic rings. The van der Waals surface area contributed by atoms with Gasteiger partial charge in [0.15, 0.2) is 0 Å². The van der Waals surface area contributed by atoms with Gasteiger partial charge in [-0.1, -0.05) is 12.1 Å². The Hall–Kier alpha value is -2.81. The fourth-order valence-corrected chi connectivity index (χ4v) is 2.88. The molecular formula is C18H13IN6. The molecule has 0 saturated carbocycles. The summed E-state index contributed by atoms with van der Waals surface area (Å²) in [5, 5.41) is 4.25. The molecule has 1 aromatic carbocycles. The summed E-state index contributed by atoms with van der Waals surface area (Å²) in [5.74, 6) is 0.691. The Bertz CT molecular complexity index is 1010. The lowest BCUT2D eigenvalue weighted by Gasteiger charge is -2.01. The molecule has 7 heteroatoms. The minimum atomic E-state index is 0.691. The summed E-state index contributed by atoms with van der Waals surface area (Å²) in [4.78, 5) is 12.9. The average molecular weight is 440 g/mol. The van der Waals surface area contributed by atoms with E-state index < -0.39 is 0 Å². The largest absolute Gasteiger partial charge is 0.291 e. The summed E-state index contributed by atoms with van der Waals surface area (Å²) < 4.78 is 2.84. The van der Waals surface area contributed by atoms with Crippen molar-refractivity contribution in [3.63, 3.8) is 0 Å². The summed E-state index contributed by atoms with van der Waals surface area (Å²) in [7, 11) is 0. The van der Waals surface area contributed by atoms with Crippen LogP contribution in [-0.2, 0) is 0 Å². The Morgan fingerprint density at radius 2 is 1.96 bits per heavy atom. The van der Waals surface area contributed by atoms with E-state index in [9.17, 15) is 0 Å². The van der Waals surface area contributed by atoms with Crippen molar-refractivity contribution in [1.82, 2.24) is 19.4 Å². The van der Waals surface area contributed by atoms with Crippen molar-refractivity contribution in [2.24, 2.45) is 5.10 Å². The van der Waals surface area contributed by atoms with Crippen LogP contribution in [0, 0.1) is 3.70 Å². The van der Waals surface area contributed by atoms with Crippen molar-refractivity contribution < 1.29 is 0 Å². The Kier molecular flexibility index (Phi) is 4.38. The number of benzene rings is 1. The van der Waals surface area contributed by atoms with Gasteiger partial charge in [-0.05, 0) is 58.5 Å². The molecule has 0 atom stereocenters. The number of anilines is 1. The second-order valence-corrected chi connectivity index (χ2v) is 6.42. The molecule has 0 radical (unpaired) electrons. The first-order valence-corrected chi connectivity index (χ1v) is 8.67. The second-order valence-electron chi connectivity index (χ2n) is 5.31. The first-order chi connectivity index (χ1) is 12.3. The van der Waals surface area contributed by atoms with Gasteiger partial charge in [-0.25, -0.2) is 9.97 Å². The predicted molar refractivity (Wildman–Crippen MR) is 107 cm³/mol. The summed E-state index contributed by atoms with van der Waals surface area (Å²) in [6.07, 6.45) is 9.17. The highest BCUT2D eigenvalue weighted by atomic mass is 127. The zero-order valence-corrected chi connectivity index (χ0v) is 15.2. The van der Waals surface area contributed by atoms with E-state index in [-0.39, 0.29) is 0 Å². The highest BCUT2D eigenvalue weighted by Crippen LogP contribution is 2.20. The van der Waals surface area contributed by atoms with Crippen molar-refractivity contribution in [3.8, 4) is 11.3 Å². The molecule has 0 bridgehead atoms. The van der Waals surface area contributed by atoms with E-state index in [0.717, 1.165) is 26.2 Å². The number of nitrogens with one attached hydrogen (secondary N) is 1. The van der Waals surface area contributed by atoms with E-state index in [0.29, 0.717) is 5.78 Å². The number of hydrogen-bond acceptors (Lipinski definition) is 5. The molecule has 6 nitrogen and oxygen atoms in total. The van der Waals surface area contributed by atoms with Crippen molar-refractivity contribution in [3.05, 3.63) is 76.5 Å². The molecule has 122 valence electrons. The molecule has 0 aliphatic rings. The fourth-order valence-electron chi connectivity index (χ4n) is 2.36.